The maximum atomic E-state index is 13.3. The van der Waals surface area contributed by atoms with E-state index in [1.165, 1.54) is 10.4 Å². The monoisotopic (exact) mass is 347 g/mol. The van der Waals surface area contributed by atoms with Gasteiger partial charge in [-0.25, -0.2) is 12.8 Å². The van der Waals surface area contributed by atoms with Crippen molar-refractivity contribution in [3.05, 3.63) is 29.0 Å². The number of sulfonamides is 1. The van der Waals surface area contributed by atoms with Gasteiger partial charge in [-0.3, -0.25) is 4.79 Å². The van der Waals surface area contributed by atoms with Gasteiger partial charge in [0.15, 0.2) is 0 Å². The third-order valence-electron chi connectivity index (χ3n) is 4.72. The minimum Gasteiger partial charge on any atom is -0.481 e. The lowest BCUT2D eigenvalue weighted by molar-refractivity contribution is -0.139. The van der Waals surface area contributed by atoms with Crippen LogP contribution in [0.3, 0.4) is 0 Å². The minimum absolute atomic E-state index is 0.0171. The summed E-state index contributed by atoms with van der Waals surface area (Å²) in [5, 5.41) is 9.03. The van der Waals surface area contributed by atoms with E-state index in [2.05, 4.69) is 0 Å². The van der Waals surface area contributed by atoms with Crippen molar-refractivity contribution in [1.82, 2.24) is 4.31 Å². The van der Waals surface area contributed by atoms with E-state index in [9.17, 15) is 17.6 Å². The number of hydrogen-bond acceptors (Lipinski definition) is 3. The number of piperidine rings is 1. The molecule has 8 heteroatoms. The number of carbonyl (C=O) groups is 1. The average Bonchev–Trinajstić information content (AvgIpc) is 3.16. The van der Waals surface area contributed by atoms with Crippen molar-refractivity contribution >= 4 is 27.6 Å². The molecule has 1 aromatic rings. The fourth-order valence-corrected chi connectivity index (χ4v) is 5.16. The number of hydrogen-bond donors (Lipinski definition) is 1. The van der Waals surface area contributed by atoms with Crippen molar-refractivity contribution in [1.29, 1.82) is 0 Å². The van der Waals surface area contributed by atoms with E-state index < -0.39 is 21.8 Å². The van der Waals surface area contributed by atoms with Crippen molar-refractivity contribution in [2.45, 2.75) is 24.2 Å². The summed E-state index contributed by atoms with van der Waals surface area (Å²) in [4.78, 5) is 10.8. The molecule has 1 spiro atoms. The Bertz CT molecular complexity index is 728. The van der Waals surface area contributed by atoms with Crippen LogP contribution in [0.15, 0.2) is 23.1 Å². The van der Waals surface area contributed by atoms with Crippen LogP contribution in [-0.2, 0) is 14.8 Å². The Hall–Kier alpha value is -1.18. The number of rotatable bonds is 3. The zero-order valence-electron chi connectivity index (χ0n) is 11.6. The number of benzene rings is 1. The van der Waals surface area contributed by atoms with Crippen LogP contribution in [-0.4, -0.2) is 36.9 Å². The second kappa shape index (κ2) is 5.18. The first-order valence-corrected chi connectivity index (χ1v) is 8.76. The van der Waals surface area contributed by atoms with Gasteiger partial charge in [-0.2, -0.15) is 4.31 Å². The second-order valence-electron chi connectivity index (χ2n) is 5.94. The molecule has 120 valence electrons. The molecule has 0 amide bonds. The Labute approximate surface area is 132 Å². The zero-order chi connectivity index (χ0) is 16.1. The molecule has 1 aliphatic heterocycles. The molecule has 1 aromatic carbocycles. The van der Waals surface area contributed by atoms with Gasteiger partial charge in [0.1, 0.15) is 10.7 Å². The van der Waals surface area contributed by atoms with Crippen molar-refractivity contribution in [3.63, 3.8) is 0 Å². The van der Waals surface area contributed by atoms with Gasteiger partial charge in [0.2, 0.25) is 10.0 Å². The zero-order valence-corrected chi connectivity index (χ0v) is 13.2. The van der Waals surface area contributed by atoms with Gasteiger partial charge in [0.25, 0.3) is 0 Å². The lowest BCUT2D eigenvalue weighted by Crippen LogP contribution is -2.40. The highest BCUT2D eigenvalue weighted by atomic mass is 35.5. The Balaban J connectivity index is 1.78. The molecular weight excluding hydrogens is 333 g/mol. The van der Waals surface area contributed by atoms with Crippen LogP contribution in [0.2, 0.25) is 5.02 Å². The predicted octanol–water partition coefficient (Wildman–Crippen LogP) is 2.35. The predicted molar refractivity (Wildman–Crippen MR) is 77.6 cm³/mol. The van der Waals surface area contributed by atoms with Gasteiger partial charge in [-0.05, 0) is 42.9 Å². The third kappa shape index (κ3) is 2.51. The first kappa shape index (κ1) is 15.7. The largest absolute Gasteiger partial charge is 0.481 e. The molecular formula is C14H15ClFNO4S. The summed E-state index contributed by atoms with van der Waals surface area (Å²) in [6, 6.07) is 3.24. The second-order valence-corrected chi connectivity index (χ2v) is 8.25. The van der Waals surface area contributed by atoms with E-state index in [1.54, 1.807) is 0 Å². The SMILES string of the molecule is O=C(O)C1CC12CCN(S(=O)(=O)c1cc(F)ccc1Cl)CC2. The quantitative estimate of drug-likeness (QED) is 0.910. The van der Waals surface area contributed by atoms with Crippen molar-refractivity contribution in [2.75, 3.05) is 13.1 Å². The Morgan fingerprint density at radius 1 is 1.36 bits per heavy atom. The highest BCUT2D eigenvalue weighted by molar-refractivity contribution is 7.89. The van der Waals surface area contributed by atoms with Crippen LogP contribution in [0.1, 0.15) is 19.3 Å². The normalized spacial score (nSPS) is 24.4. The molecule has 1 unspecified atom stereocenters. The van der Waals surface area contributed by atoms with Crippen LogP contribution < -0.4 is 0 Å². The Morgan fingerprint density at radius 2 is 2.00 bits per heavy atom. The van der Waals surface area contributed by atoms with Gasteiger partial charge in [0.05, 0.1) is 10.9 Å². The maximum Gasteiger partial charge on any atom is 0.307 e. The third-order valence-corrected chi connectivity index (χ3v) is 7.10. The Kier molecular flexibility index (Phi) is 3.70. The molecule has 22 heavy (non-hydrogen) atoms. The van der Waals surface area contributed by atoms with E-state index in [-0.39, 0.29) is 34.3 Å². The number of aliphatic carboxylic acids is 1. The highest BCUT2D eigenvalue weighted by Gasteiger charge is 2.59. The molecule has 5 nitrogen and oxygen atoms in total. The molecule has 0 bridgehead atoms. The number of nitrogens with zero attached hydrogens (tertiary/aromatic N) is 1. The van der Waals surface area contributed by atoms with Gasteiger partial charge >= 0.3 is 5.97 Å². The molecule has 0 aromatic heterocycles. The van der Waals surface area contributed by atoms with E-state index in [0.717, 1.165) is 12.1 Å². The summed E-state index contributed by atoms with van der Waals surface area (Å²) in [6.45, 7) is 0.470. The molecule has 1 aliphatic carbocycles. The van der Waals surface area contributed by atoms with Gasteiger partial charge in [0, 0.05) is 13.1 Å². The van der Waals surface area contributed by atoms with Crippen LogP contribution in [0, 0.1) is 17.2 Å². The summed E-state index contributed by atoms with van der Waals surface area (Å²) in [5.74, 6) is -1.84. The van der Waals surface area contributed by atoms with Crippen LogP contribution in [0.4, 0.5) is 4.39 Å². The molecule has 1 saturated heterocycles. The summed E-state index contributed by atoms with van der Waals surface area (Å²) in [5.41, 5.74) is -0.260. The molecule has 1 heterocycles. The molecule has 1 saturated carbocycles. The van der Waals surface area contributed by atoms with Crippen molar-refractivity contribution in [2.24, 2.45) is 11.3 Å². The number of carboxylic acids is 1. The van der Waals surface area contributed by atoms with E-state index in [4.69, 9.17) is 16.7 Å². The summed E-state index contributed by atoms with van der Waals surface area (Å²) in [6.07, 6.45) is 1.63. The first-order valence-electron chi connectivity index (χ1n) is 6.94. The lowest BCUT2D eigenvalue weighted by Gasteiger charge is -2.31. The van der Waals surface area contributed by atoms with Crippen LogP contribution in [0.5, 0.6) is 0 Å². The van der Waals surface area contributed by atoms with Crippen LogP contribution >= 0.6 is 11.6 Å². The molecule has 2 aliphatic rings. The minimum atomic E-state index is -3.86. The molecule has 0 radical (unpaired) electrons. The van der Waals surface area contributed by atoms with E-state index in [1.807, 2.05) is 0 Å². The van der Waals surface area contributed by atoms with Gasteiger partial charge < -0.3 is 5.11 Å². The summed E-state index contributed by atoms with van der Waals surface area (Å²) >= 11 is 5.88. The number of halogens is 2. The van der Waals surface area contributed by atoms with Crippen molar-refractivity contribution in [3.8, 4) is 0 Å². The molecule has 2 fully saturated rings. The smallest absolute Gasteiger partial charge is 0.307 e. The highest BCUT2D eigenvalue weighted by Crippen LogP contribution is 2.59. The fraction of sp³-hybridized carbons (Fsp3) is 0.500. The summed E-state index contributed by atoms with van der Waals surface area (Å²) in [7, 11) is -3.86. The van der Waals surface area contributed by atoms with Gasteiger partial charge in [-0.15, -0.1) is 0 Å². The molecule has 1 N–H and O–H groups in total. The maximum absolute atomic E-state index is 13.3. The van der Waals surface area contributed by atoms with Crippen molar-refractivity contribution < 1.29 is 22.7 Å². The van der Waals surface area contributed by atoms with E-state index >= 15 is 0 Å². The average molecular weight is 348 g/mol. The Morgan fingerprint density at radius 3 is 2.55 bits per heavy atom. The number of carboxylic acid groups (broad SMARTS) is 1. The van der Waals surface area contributed by atoms with E-state index in [0.29, 0.717) is 19.3 Å². The molecule has 1 atom stereocenters. The fourth-order valence-electron chi connectivity index (χ4n) is 3.24. The van der Waals surface area contributed by atoms with Crippen LogP contribution in [0.25, 0.3) is 0 Å². The molecule has 3 rings (SSSR count). The lowest BCUT2D eigenvalue weighted by atomic mass is 9.92. The topological polar surface area (TPSA) is 74.7 Å². The summed E-state index contributed by atoms with van der Waals surface area (Å²) < 4.78 is 39.7. The standard InChI is InChI=1S/C14H15ClFNO4S/c15-11-2-1-9(16)7-12(11)22(20,21)17-5-3-14(4-6-17)8-10(14)13(18)19/h1-2,7,10H,3-6,8H2,(H,18,19). The first-order chi connectivity index (χ1) is 10.3. The van der Waals surface area contributed by atoms with Gasteiger partial charge in [-0.1, -0.05) is 11.6 Å².